The van der Waals surface area contributed by atoms with Crippen LogP contribution in [-0.4, -0.2) is 24.1 Å². The number of hydrogen-bond acceptors (Lipinski definition) is 3. The first-order valence-corrected chi connectivity index (χ1v) is 9.23. The summed E-state index contributed by atoms with van der Waals surface area (Å²) >= 11 is 0. The second-order valence-corrected chi connectivity index (χ2v) is 7.36. The maximum atomic E-state index is 11.7. The van der Waals surface area contributed by atoms with E-state index in [1.54, 1.807) is 6.20 Å². The third kappa shape index (κ3) is 3.60. The molecular weight excluding hydrogens is 310 g/mol. The highest BCUT2D eigenvalue weighted by Crippen LogP contribution is 2.27. The van der Waals surface area contributed by atoms with Crippen LogP contribution >= 0.6 is 0 Å². The van der Waals surface area contributed by atoms with Crippen molar-refractivity contribution >= 4 is 21.1 Å². The summed E-state index contributed by atoms with van der Waals surface area (Å²) in [7, 11) is -3.18. The molecule has 1 aromatic carbocycles. The van der Waals surface area contributed by atoms with Crippen LogP contribution in [0.2, 0.25) is 0 Å². The molecule has 0 saturated carbocycles. The molecule has 23 heavy (non-hydrogen) atoms. The summed E-state index contributed by atoms with van der Waals surface area (Å²) in [5, 5.41) is 1.07. The first-order chi connectivity index (χ1) is 11.1. The number of nitrogens with zero attached hydrogens (tertiary/aromatic N) is 1. The van der Waals surface area contributed by atoms with E-state index in [1.165, 1.54) is 0 Å². The molecular formula is C17H19N3O2S. The van der Waals surface area contributed by atoms with Gasteiger partial charge < -0.3 is 4.98 Å². The predicted octanol–water partition coefficient (Wildman–Crippen LogP) is 3.06. The molecule has 3 rings (SSSR count). The molecule has 0 spiro atoms. The summed E-state index contributed by atoms with van der Waals surface area (Å²) < 4.78 is 26.0. The largest absolute Gasteiger partial charge is 0.346 e. The lowest BCUT2D eigenvalue weighted by Gasteiger charge is -2.07. The molecule has 0 aliphatic carbocycles. The van der Waals surface area contributed by atoms with Gasteiger partial charge in [-0.15, -0.1) is 0 Å². The number of aromatic nitrogens is 2. The van der Waals surface area contributed by atoms with Crippen molar-refractivity contribution in [3.05, 3.63) is 54.4 Å². The Balaban J connectivity index is 1.79. The van der Waals surface area contributed by atoms with E-state index in [2.05, 4.69) is 14.7 Å². The van der Waals surface area contributed by atoms with E-state index in [4.69, 9.17) is 0 Å². The van der Waals surface area contributed by atoms with Gasteiger partial charge in [0.05, 0.1) is 5.75 Å². The summed E-state index contributed by atoms with van der Waals surface area (Å²) in [6.45, 7) is 2.17. The van der Waals surface area contributed by atoms with Gasteiger partial charge in [0.1, 0.15) is 5.65 Å². The fourth-order valence-electron chi connectivity index (χ4n) is 2.55. The number of fused-ring (bicyclic) bond motifs is 1. The van der Waals surface area contributed by atoms with E-state index < -0.39 is 10.0 Å². The monoisotopic (exact) mass is 329 g/mol. The van der Waals surface area contributed by atoms with E-state index >= 15 is 0 Å². The molecule has 0 atom stereocenters. The lowest BCUT2D eigenvalue weighted by atomic mass is 10.0. The van der Waals surface area contributed by atoms with Crippen molar-refractivity contribution in [1.82, 2.24) is 14.7 Å². The molecule has 3 aromatic rings. The maximum absolute atomic E-state index is 11.7. The average molecular weight is 329 g/mol. The molecule has 0 aliphatic rings. The zero-order valence-electron chi connectivity index (χ0n) is 12.9. The van der Waals surface area contributed by atoms with Crippen LogP contribution in [0.25, 0.3) is 22.2 Å². The zero-order valence-corrected chi connectivity index (χ0v) is 13.7. The van der Waals surface area contributed by atoms with Crippen LogP contribution in [0, 0.1) is 0 Å². The molecule has 0 radical (unpaired) electrons. The highest BCUT2D eigenvalue weighted by Gasteiger charge is 2.09. The van der Waals surface area contributed by atoms with Crippen molar-refractivity contribution in [1.29, 1.82) is 0 Å². The van der Waals surface area contributed by atoms with Crippen LogP contribution in [0.1, 0.15) is 18.9 Å². The lowest BCUT2D eigenvalue weighted by Crippen LogP contribution is -2.25. The quantitative estimate of drug-likeness (QED) is 0.730. The molecule has 6 heteroatoms. The van der Waals surface area contributed by atoms with Crippen LogP contribution in [0.3, 0.4) is 0 Å². The molecule has 2 heterocycles. The van der Waals surface area contributed by atoms with Crippen LogP contribution in [0.15, 0.2) is 48.8 Å². The summed E-state index contributed by atoms with van der Waals surface area (Å²) in [4.78, 5) is 7.39. The van der Waals surface area contributed by atoms with E-state index in [0.29, 0.717) is 13.0 Å². The van der Waals surface area contributed by atoms with Crippen molar-refractivity contribution in [3.63, 3.8) is 0 Å². The molecule has 0 fully saturated rings. The van der Waals surface area contributed by atoms with E-state index in [0.717, 1.165) is 27.7 Å². The summed E-state index contributed by atoms with van der Waals surface area (Å²) in [6, 6.07) is 11.9. The highest BCUT2D eigenvalue weighted by atomic mass is 32.2. The Bertz CT molecular complexity index is 899. The van der Waals surface area contributed by atoms with Gasteiger partial charge >= 0.3 is 0 Å². The minimum absolute atomic E-state index is 0.160. The van der Waals surface area contributed by atoms with Crippen LogP contribution in [0.4, 0.5) is 0 Å². The van der Waals surface area contributed by atoms with Crippen molar-refractivity contribution in [2.75, 3.05) is 5.75 Å². The van der Waals surface area contributed by atoms with Crippen molar-refractivity contribution in [2.24, 2.45) is 0 Å². The Hall–Kier alpha value is -2.18. The standard InChI is InChI=1S/C17H19N3O2S/c1-2-11-23(21,22)20-12-13-3-5-14(6-4-13)15-7-9-18-17-16(15)8-10-19-17/h3-10,20H,2,11-12H2,1H3,(H,18,19). The molecule has 0 saturated heterocycles. The van der Waals surface area contributed by atoms with Gasteiger partial charge in [0.2, 0.25) is 10.0 Å². The number of aromatic amines is 1. The molecule has 120 valence electrons. The topological polar surface area (TPSA) is 74.8 Å². The van der Waals surface area contributed by atoms with Gasteiger partial charge in [0.15, 0.2) is 0 Å². The van der Waals surface area contributed by atoms with E-state index in [1.807, 2.05) is 49.5 Å². The Morgan fingerprint density at radius 1 is 1.13 bits per heavy atom. The number of benzene rings is 1. The summed E-state index contributed by atoms with van der Waals surface area (Å²) in [6.07, 6.45) is 4.27. The number of pyridine rings is 1. The van der Waals surface area contributed by atoms with Gasteiger partial charge in [-0.1, -0.05) is 31.2 Å². The molecule has 2 N–H and O–H groups in total. The van der Waals surface area contributed by atoms with Crippen molar-refractivity contribution in [2.45, 2.75) is 19.9 Å². The van der Waals surface area contributed by atoms with Crippen LogP contribution < -0.4 is 4.72 Å². The van der Waals surface area contributed by atoms with Gasteiger partial charge in [-0.25, -0.2) is 18.1 Å². The number of sulfonamides is 1. The van der Waals surface area contributed by atoms with Crippen LogP contribution in [0.5, 0.6) is 0 Å². The Morgan fingerprint density at radius 3 is 2.65 bits per heavy atom. The number of hydrogen-bond donors (Lipinski definition) is 2. The minimum atomic E-state index is -3.18. The van der Waals surface area contributed by atoms with Crippen LogP contribution in [-0.2, 0) is 16.6 Å². The third-order valence-electron chi connectivity index (χ3n) is 3.69. The van der Waals surface area contributed by atoms with Gasteiger partial charge in [0.25, 0.3) is 0 Å². The second-order valence-electron chi connectivity index (χ2n) is 5.44. The molecule has 2 aromatic heterocycles. The predicted molar refractivity (Wildman–Crippen MR) is 92.4 cm³/mol. The van der Waals surface area contributed by atoms with Crippen molar-refractivity contribution in [3.8, 4) is 11.1 Å². The third-order valence-corrected chi connectivity index (χ3v) is 5.22. The van der Waals surface area contributed by atoms with Gasteiger partial charge in [-0.3, -0.25) is 0 Å². The minimum Gasteiger partial charge on any atom is -0.346 e. The van der Waals surface area contributed by atoms with Crippen molar-refractivity contribution < 1.29 is 8.42 Å². The highest BCUT2D eigenvalue weighted by molar-refractivity contribution is 7.89. The fraction of sp³-hybridized carbons (Fsp3) is 0.235. The summed E-state index contributed by atoms with van der Waals surface area (Å²) in [5.74, 6) is 0.160. The average Bonchev–Trinajstić information content (AvgIpc) is 3.02. The lowest BCUT2D eigenvalue weighted by molar-refractivity contribution is 0.580. The molecule has 0 amide bonds. The van der Waals surface area contributed by atoms with Gasteiger partial charge in [-0.2, -0.15) is 0 Å². The number of rotatable bonds is 6. The fourth-order valence-corrected chi connectivity index (χ4v) is 3.62. The zero-order chi connectivity index (χ0) is 16.3. The Kier molecular flexibility index (Phi) is 4.45. The number of nitrogens with one attached hydrogen (secondary N) is 2. The number of H-pyrrole nitrogens is 1. The summed E-state index contributed by atoms with van der Waals surface area (Å²) in [5.41, 5.74) is 3.98. The second kappa shape index (κ2) is 6.52. The Morgan fingerprint density at radius 2 is 1.91 bits per heavy atom. The normalized spacial score (nSPS) is 11.9. The molecule has 0 unspecified atom stereocenters. The maximum Gasteiger partial charge on any atom is 0.211 e. The molecule has 0 bridgehead atoms. The first kappa shape index (κ1) is 15.7. The SMILES string of the molecule is CCCS(=O)(=O)NCc1ccc(-c2ccnc3[nH]ccc23)cc1. The van der Waals surface area contributed by atoms with Gasteiger partial charge in [0, 0.05) is 24.3 Å². The molecule has 0 aliphatic heterocycles. The van der Waals surface area contributed by atoms with E-state index in [9.17, 15) is 8.42 Å². The van der Waals surface area contributed by atoms with Gasteiger partial charge in [-0.05, 0) is 35.2 Å². The Labute approximate surface area is 135 Å². The smallest absolute Gasteiger partial charge is 0.211 e. The molecule has 5 nitrogen and oxygen atoms in total. The van der Waals surface area contributed by atoms with E-state index in [-0.39, 0.29) is 5.75 Å². The first-order valence-electron chi connectivity index (χ1n) is 7.58.